The lowest BCUT2D eigenvalue weighted by Crippen LogP contribution is -2.41. The quantitative estimate of drug-likeness (QED) is 0.815. The third-order valence-corrected chi connectivity index (χ3v) is 3.36. The van der Waals surface area contributed by atoms with Crippen LogP contribution >= 0.6 is 12.4 Å². The Kier molecular flexibility index (Phi) is 3.90. The summed E-state index contributed by atoms with van der Waals surface area (Å²) in [6.45, 7) is 4.01. The van der Waals surface area contributed by atoms with Gasteiger partial charge in [0, 0.05) is 18.4 Å². The summed E-state index contributed by atoms with van der Waals surface area (Å²) in [5, 5.41) is 3.32. The standard InChI is InChI=1S/C13H17N3O.ClH/c1-10-2-4-11(5-3-10)12-15-13(17-16-12)6-8-14-9-7-13;/h2-5,14H,6-9H2,1H3,(H,15,16);1H. The van der Waals surface area contributed by atoms with Crippen LogP contribution in [-0.2, 0) is 4.84 Å². The highest BCUT2D eigenvalue weighted by Gasteiger charge is 2.38. The highest BCUT2D eigenvalue weighted by Crippen LogP contribution is 2.28. The third-order valence-electron chi connectivity index (χ3n) is 3.36. The zero-order valence-corrected chi connectivity index (χ0v) is 11.2. The van der Waals surface area contributed by atoms with Gasteiger partial charge in [-0.25, -0.2) is 15.3 Å². The zero-order valence-electron chi connectivity index (χ0n) is 10.4. The smallest absolute Gasteiger partial charge is 0.190 e. The Morgan fingerprint density at radius 2 is 1.83 bits per heavy atom. The van der Waals surface area contributed by atoms with Gasteiger partial charge in [0.1, 0.15) is 0 Å². The largest absolute Gasteiger partial charge is 0.316 e. The second-order valence-electron chi connectivity index (χ2n) is 4.73. The van der Waals surface area contributed by atoms with E-state index in [0.29, 0.717) is 0 Å². The molecule has 98 valence electrons. The minimum absolute atomic E-state index is 0. The van der Waals surface area contributed by atoms with Crippen LogP contribution in [0.1, 0.15) is 24.0 Å². The number of hydrogen-bond acceptors (Lipinski definition) is 4. The van der Waals surface area contributed by atoms with Crippen molar-refractivity contribution in [2.45, 2.75) is 25.5 Å². The summed E-state index contributed by atoms with van der Waals surface area (Å²) >= 11 is 0. The van der Waals surface area contributed by atoms with Crippen LogP contribution in [0.4, 0.5) is 0 Å². The third kappa shape index (κ3) is 2.51. The van der Waals surface area contributed by atoms with E-state index in [9.17, 15) is 0 Å². The molecule has 2 heterocycles. The van der Waals surface area contributed by atoms with Crippen molar-refractivity contribution in [3.63, 3.8) is 0 Å². The number of nitrogens with zero attached hydrogens (tertiary/aromatic N) is 1. The first kappa shape index (κ1) is 13.3. The first-order valence-electron chi connectivity index (χ1n) is 6.09. The molecule has 2 aliphatic heterocycles. The van der Waals surface area contributed by atoms with Crippen molar-refractivity contribution in [2.24, 2.45) is 4.99 Å². The molecule has 4 nitrogen and oxygen atoms in total. The summed E-state index contributed by atoms with van der Waals surface area (Å²) < 4.78 is 0. The van der Waals surface area contributed by atoms with E-state index in [1.807, 2.05) is 0 Å². The van der Waals surface area contributed by atoms with Crippen molar-refractivity contribution in [3.8, 4) is 0 Å². The van der Waals surface area contributed by atoms with E-state index in [1.54, 1.807) is 0 Å². The van der Waals surface area contributed by atoms with Crippen LogP contribution in [0.25, 0.3) is 0 Å². The van der Waals surface area contributed by atoms with Crippen molar-refractivity contribution < 1.29 is 4.84 Å². The molecule has 0 radical (unpaired) electrons. The molecule has 3 rings (SSSR count). The van der Waals surface area contributed by atoms with E-state index < -0.39 is 0 Å². The van der Waals surface area contributed by atoms with Gasteiger partial charge in [-0.05, 0) is 20.0 Å². The summed E-state index contributed by atoms with van der Waals surface area (Å²) in [7, 11) is 0. The lowest BCUT2D eigenvalue weighted by atomic mass is 10.0. The summed E-state index contributed by atoms with van der Waals surface area (Å²) in [4.78, 5) is 10.4. The molecule has 18 heavy (non-hydrogen) atoms. The monoisotopic (exact) mass is 267 g/mol. The number of hydrogen-bond donors (Lipinski definition) is 2. The molecule has 0 aromatic heterocycles. The van der Waals surface area contributed by atoms with Crippen molar-refractivity contribution in [1.29, 1.82) is 0 Å². The predicted molar refractivity (Wildman–Crippen MR) is 74.0 cm³/mol. The molecule has 1 spiro atoms. The topological polar surface area (TPSA) is 45.7 Å². The Labute approximate surface area is 113 Å². The molecule has 1 aromatic carbocycles. The molecular weight excluding hydrogens is 250 g/mol. The fourth-order valence-electron chi connectivity index (χ4n) is 2.26. The molecule has 0 saturated carbocycles. The number of aryl methyl sites for hydroxylation is 1. The number of benzene rings is 1. The van der Waals surface area contributed by atoms with E-state index in [4.69, 9.17) is 9.83 Å². The summed E-state index contributed by atoms with van der Waals surface area (Å²) in [5.74, 6) is 0.854. The van der Waals surface area contributed by atoms with Gasteiger partial charge >= 0.3 is 0 Å². The second-order valence-corrected chi connectivity index (χ2v) is 4.73. The Morgan fingerprint density at radius 1 is 1.17 bits per heavy atom. The Morgan fingerprint density at radius 3 is 2.50 bits per heavy atom. The molecule has 2 N–H and O–H groups in total. The molecule has 0 atom stereocenters. The van der Waals surface area contributed by atoms with E-state index in [-0.39, 0.29) is 18.1 Å². The van der Waals surface area contributed by atoms with Crippen LogP contribution in [0.2, 0.25) is 0 Å². The van der Waals surface area contributed by atoms with E-state index in [1.165, 1.54) is 5.56 Å². The van der Waals surface area contributed by atoms with Gasteiger partial charge in [0.05, 0.1) is 0 Å². The molecular formula is C13H18ClN3O. The van der Waals surface area contributed by atoms with Gasteiger partial charge in [0.15, 0.2) is 11.6 Å². The normalized spacial score (nSPS) is 21.1. The molecule has 2 aliphatic rings. The number of hydroxylamine groups is 1. The average Bonchev–Trinajstić information content (AvgIpc) is 2.75. The van der Waals surface area contributed by atoms with Crippen LogP contribution in [0.3, 0.4) is 0 Å². The molecule has 0 unspecified atom stereocenters. The Balaban J connectivity index is 0.00000120. The summed E-state index contributed by atoms with van der Waals surface area (Å²) in [6, 6.07) is 8.33. The lowest BCUT2D eigenvalue weighted by Gasteiger charge is -2.28. The maximum Gasteiger partial charge on any atom is 0.190 e. The molecule has 1 fully saturated rings. The van der Waals surface area contributed by atoms with E-state index in [2.05, 4.69) is 42.0 Å². The molecule has 1 aromatic rings. The first-order valence-corrected chi connectivity index (χ1v) is 6.09. The molecule has 5 heteroatoms. The number of aliphatic imine (C=N–C) groups is 1. The first-order chi connectivity index (χ1) is 8.27. The van der Waals surface area contributed by atoms with Crippen molar-refractivity contribution >= 4 is 18.2 Å². The Bertz CT molecular complexity index is 438. The van der Waals surface area contributed by atoms with Crippen LogP contribution in [0, 0.1) is 6.92 Å². The van der Waals surface area contributed by atoms with Gasteiger partial charge in [-0.2, -0.15) is 0 Å². The second kappa shape index (κ2) is 5.26. The van der Waals surface area contributed by atoms with Crippen LogP contribution < -0.4 is 10.8 Å². The van der Waals surface area contributed by atoms with Crippen molar-refractivity contribution in [3.05, 3.63) is 35.4 Å². The average molecular weight is 268 g/mol. The maximum absolute atomic E-state index is 5.68. The van der Waals surface area contributed by atoms with Gasteiger partial charge in [-0.3, -0.25) is 0 Å². The number of nitrogens with one attached hydrogen (secondary N) is 2. The molecule has 0 amide bonds. The molecule has 0 bridgehead atoms. The summed E-state index contributed by atoms with van der Waals surface area (Å²) in [6.07, 6.45) is 1.85. The highest BCUT2D eigenvalue weighted by atomic mass is 35.5. The van der Waals surface area contributed by atoms with Gasteiger partial charge in [0.2, 0.25) is 0 Å². The van der Waals surface area contributed by atoms with Crippen LogP contribution in [-0.4, -0.2) is 24.7 Å². The van der Waals surface area contributed by atoms with Crippen molar-refractivity contribution in [2.75, 3.05) is 13.1 Å². The number of amidine groups is 1. The summed E-state index contributed by atoms with van der Waals surface area (Å²) in [5.41, 5.74) is 4.98. The minimum Gasteiger partial charge on any atom is -0.316 e. The fraction of sp³-hybridized carbons (Fsp3) is 0.462. The zero-order chi connectivity index (χ0) is 11.7. The van der Waals surface area contributed by atoms with Gasteiger partial charge in [-0.1, -0.05) is 29.8 Å². The van der Waals surface area contributed by atoms with Gasteiger partial charge < -0.3 is 5.32 Å². The Hall–Kier alpha value is -1.10. The number of piperidine rings is 1. The van der Waals surface area contributed by atoms with Crippen LogP contribution in [0.5, 0.6) is 0 Å². The number of halogens is 1. The molecule has 1 saturated heterocycles. The molecule has 0 aliphatic carbocycles. The predicted octanol–water partition coefficient (Wildman–Crippen LogP) is 1.78. The van der Waals surface area contributed by atoms with Crippen molar-refractivity contribution in [1.82, 2.24) is 10.8 Å². The van der Waals surface area contributed by atoms with Gasteiger partial charge in [0.25, 0.3) is 0 Å². The van der Waals surface area contributed by atoms with E-state index >= 15 is 0 Å². The highest BCUT2D eigenvalue weighted by molar-refractivity contribution is 5.99. The van der Waals surface area contributed by atoms with Gasteiger partial charge in [-0.15, -0.1) is 12.4 Å². The lowest BCUT2D eigenvalue weighted by molar-refractivity contribution is -0.0720. The SMILES string of the molecule is Cc1ccc(C2=NC3(CCNCC3)ON2)cc1.Cl. The number of rotatable bonds is 1. The van der Waals surface area contributed by atoms with E-state index in [0.717, 1.165) is 37.3 Å². The fourth-order valence-corrected chi connectivity index (χ4v) is 2.26. The maximum atomic E-state index is 5.68. The van der Waals surface area contributed by atoms with Crippen LogP contribution in [0.15, 0.2) is 29.3 Å². The minimum atomic E-state index is -0.342.